The molecular weight excluding hydrogens is 300 g/mol. The third-order valence-electron chi connectivity index (χ3n) is 4.50. The molecule has 0 unspecified atom stereocenters. The van der Waals surface area contributed by atoms with Crippen LogP contribution in [0.3, 0.4) is 0 Å². The summed E-state index contributed by atoms with van der Waals surface area (Å²) in [5.74, 6) is -0.179. The second kappa shape index (κ2) is 7.65. The van der Waals surface area contributed by atoms with Gasteiger partial charge in [0.2, 0.25) is 5.82 Å². The van der Waals surface area contributed by atoms with Crippen LogP contribution in [0.25, 0.3) is 6.08 Å². The van der Waals surface area contributed by atoms with Crippen molar-refractivity contribution in [3.63, 3.8) is 0 Å². The van der Waals surface area contributed by atoms with E-state index >= 15 is 0 Å². The maximum absolute atomic E-state index is 11.6. The predicted octanol–water partition coefficient (Wildman–Crippen LogP) is 5.07. The molecule has 0 saturated heterocycles. The average Bonchev–Trinajstić information content (AvgIpc) is 2.95. The molecule has 0 fully saturated rings. The minimum absolute atomic E-state index is 0.240. The first-order valence-corrected chi connectivity index (χ1v) is 8.62. The van der Waals surface area contributed by atoms with E-state index in [-0.39, 0.29) is 11.2 Å². The van der Waals surface area contributed by atoms with E-state index in [1.165, 1.54) is 30.4 Å². The molecule has 0 aliphatic heterocycles. The minimum Gasteiger partial charge on any atom is -0.460 e. The Morgan fingerprint density at radius 3 is 2.88 bits per heavy atom. The summed E-state index contributed by atoms with van der Waals surface area (Å²) < 4.78 is 4.93. The van der Waals surface area contributed by atoms with Crippen LogP contribution in [-0.4, -0.2) is 22.5 Å². The molecule has 0 radical (unpaired) electrons. The van der Waals surface area contributed by atoms with Crippen molar-refractivity contribution in [3.05, 3.63) is 46.6 Å². The van der Waals surface area contributed by atoms with Crippen LogP contribution in [0, 0.1) is 5.41 Å². The average molecular weight is 328 g/mol. The highest BCUT2D eigenvalue weighted by Gasteiger charge is 2.26. The van der Waals surface area contributed by atoms with Crippen molar-refractivity contribution in [1.29, 1.82) is 0 Å². The Balaban J connectivity index is 2.13. The van der Waals surface area contributed by atoms with Gasteiger partial charge in [0.1, 0.15) is 0 Å². The van der Waals surface area contributed by atoms with Crippen molar-refractivity contribution >= 4 is 12.0 Å². The number of carbonyl (C=O) groups is 1. The van der Waals surface area contributed by atoms with E-state index in [0.717, 1.165) is 11.3 Å². The lowest BCUT2D eigenvalue weighted by Gasteiger charge is -2.32. The molecule has 1 aromatic rings. The van der Waals surface area contributed by atoms with E-state index in [1.54, 1.807) is 13.1 Å². The molecule has 130 valence electrons. The number of imidazole rings is 1. The lowest BCUT2D eigenvalue weighted by molar-refractivity contribution is 0.0513. The molecule has 1 aliphatic carbocycles. The molecule has 0 saturated carbocycles. The first kappa shape index (κ1) is 18.2. The van der Waals surface area contributed by atoms with E-state index in [0.29, 0.717) is 6.61 Å². The Kier molecular flexibility index (Phi) is 5.81. The van der Waals surface area contributed by atoms with Gasteiger partial charge in [-0.1, -0.05) is 31.6 Å². The van der Waals surface area contributed by atoms with Gasteiger partial charge >= 0.3 is 5.97 Å². The number of nitrogens with zero attached hydrogens (tertiary/aromatic N) is 1. The van der Waals surface area contributed by atoms with Gasteiger partial charge in [-0.2, -0.15) is 0 Å². The van der Waals surface area contributed by atoms with Gasteiger partial charge in [-0.25, -0.2) is 9.78 Å². The van der Waals surface area contributed by atoms with Gasteiger partial charge < -0.3 is 9.72 Å². The second-order valence-corrected chi connectivity index (χ2v) is 7.06. The lowest BCUT2D eigenvalue weighted by atomic mass is 9.72. The fourth-order valence-corrected chi connectivity index (χ4v) is 3.23. The molecule has 1 N–H and O–H groups in total. The Morgan fingerprint density at radius 2 is 2.21 bits per heavy atom. The van der Waals surface area contributed by atoms with Gasteiger partial charge in [0, 0.05) is 0 Å². The van der Waals surface area contributed by atoms with Gasteiger partial charge in [0.15, 0.2) is 0 Å². The van der Waals surface area contributed by atoms with E-state index < -0.39 is 5.97 Å². The number of allylic oxidation sites excluding steroid dienone is 5. The number of H-pyrrole nitrogens is 1. The summed E-state index contributed by atoms with van der Waals surface area (Å²) in [5.41, 5.74) is 5.08. The van der Waals surface area contributed by atoms with Crippen LogP contribution < -0.4 is 0 Å². The maximum atomic E-state index is 11.6. The Labute approximate surface area is 144 Å². The predicted molar refractivity (Wildman–Crippen MR) is 97.7 cm³/mol. The molecule has 0 bridgehead atoms. The van der Waals surface area contributed by atoms with Gasteiger partial charge in [0.25, 0.3) is 0 Å². The first-order valence-electron chi connectivity index (χ1n) is 8.62. The van der Waals surface area contributed by atoms with Gasteiger partial charge in [0.05, 0.1) is 18.5 Å². The van der Waals surface area contributed by atoms with Crippen molar-refractivity contribution in [2.45, 2.75) is 53.9 Å². The number of aromatic amines is 1. The molecule has 0 spiro atoms. The smallest absolute Gasteiger partial charge is 0.374 e. The Bertz CT molecular complexity index is 690. The van der Waals surface area contributed by atoms with E-state index in [9.17, 15) is 4.79 Å². The number of carbonyl (C=O) groups excluding carboxylic acids is 1. The highest BCUT2D eigenvalue weighted by atomic mass is 16.5. The van der Waals surface area contributed by atoms with Crippen LogP contribution in [0.1, 0.15) is 70.2 Å². The zero-order valence-corrected chi connectivity index (χ0v) is 15.4. The van der Waals surface area contributed by atoms with Crippen LogP contribution in [0.4, 0.5) is 0 Å². The second-order valence-electron chi connectivity index (χ2n) is 7.06. The number of ether oxygens (including phenoxy) is 1. The number of nitrogens with one attached hydrogen (secondary N) is 1. The largest absolute Gasteiger partial charge is 0.460 e. The molecule has 0 aromatic carbocycles. The third kappa shape index (κ3) is 4.47. The topological polar surface area (TPSA) is 55.0 Å². The number of aromatic nitrogens is 2. The van der Waals surface area contributed by atoms with Crippen LogP contribution in [0.15, 0.2) is 35.1 Å². The fourth-order valence-electron chi connectivity index (χ4n) is 3.23. The highest BCUT2D eigenvalue weighted by molar-refractivity contribution is 5.85. The third-order valence-corrected chi connectivity index (χ3v) is 4.50. The maximum Gasteiger partial charge on any atom is 0.374 e. The monoisotopic (exact) mass is 328 g/mol. The Hall–Kier alpha value is -2.10. The normalized spacial score (nSPS) is 18.3. The quantitative estimate of drug-likeness (QED) is 0.606. The zero-order valence-electron chi connectivity index (χ0n) is 15.4. The molecule has 0 amide bonds. The van der Waals surface area contributed by atoms with Crippen molar-refractivity contribution in [2.75, 3.05) is 6.61 Å². The molecule has 1 aromatic heterocycles. The fraction of sp³-hybridized carbons (Fsp3) is 0.500. The molecule has 1 aliphatic rings. The standard InChI is InChI=1S/C20H28N2O2/c1-6-24-19(23)18-21-13-16(22-18)12-14(2)9-10-17-15(3)8-7-11-20(17,4)5/h9-10,12-13H,6-8,11H2,1-5H3,(H,21,22)/b10-9+,14-12+. The van der Waals surface area contributed by atoms with Crippen molar-refractivity contribution in [1.82, 2.24) is 9.97 Å². The van der Waals surface area contributed by atoms with E-state index in [1.807, 2.05) is 13.0 Å². The van der Waals surface area contributed by atoms with Gasteiger partial charge in [-0.15, -0.1) is 0 Å². The summed E-state index contributed by atoms with van der Waals surface area (Å²) in [7, 11) is 0. The van der Waals surface area contributed by atoms with Crippen LogP contribution in [0.2, 0.25) is 0 Å². The van der Waals surface area contributed by atoms with E-state index in [4.69, 9.17) is 4.74 Å². The van der Waals surface area contributed by atoms with Crippen LogP contribution in [0.5, 0.6) is 0 Å². The zero-order chi connectivity index (χ0) is 17.7. The van der Waals surface area contributed by atoms with Crippen molar-refractivity contribution in [2.24, 2.45) is 5.41 Å². The summed E-state index contributed by atoms with van der Waals surface area (Å²) >= 11 is 0. The van der Waals surface area contributed by atoms with Gasteiger partial charge in [-0.3, -0.25) is 0 Å². The van der Waals surface area contributed by atoms with E-state index in [2.05, 4.69) is 42.9 Å². The summed E-state index contributed by atoms with van der Waals surface area (Å²) in [6, 6.07) is 0. The number of esters is 1. The molecule has 2 rings (SSSR count). The number of hydrogen-bond acceptors (Lipinski definition) is 3. The summed E-state index contributed by atoms with van der Waals surface area (Å²) in [5, 5.41) is 0. The Morgan fingerprint density at radius 1 is 1.46 bits per heavy atom. The summed E-state index contributed by atoms with van der Waals surface area (Å²) in [6.45, 7) is 11.0. The highest BCUT2D eigenvalue weighted by Crippen LogP contribution is 2.40. The van der Waals surface area contributed by atoms with Crippen molar-refractivity contribution in [3.8, 4) is 0 Å². The van der Waals surface area contributed by atoms with Crippen molar-refractivity contribution < 1.29 is 9.53 Å². The molecule has 1 heterocycles. The first-order chi connectivity index (χ1) is 11.3. The van der Waals surface area contributed by atoms with Gasteiger partial charge in [-0.05, 0) is 62.7 Å². The summed E-state index contributed by atoms with van der Waals surface area (Å²) in [4.78, 5) is 18.7. The molecule has 0 atom stereocenters. The minimum atomic E-state index is -0.421. The molecule has 24 heavy (non-hydrogen) atoms. The molecule has 4 nitrogen and oxygen atoms in total. The lowest BCUT2D eigenvalue weighted by Crippen LogP contribution is -2.19. The SMILES string of the molecule is CCOC(=O)c1ncc(/C=C(C)/C=C/C2=C(C)CCCC2(C)C)[nH]1. The summed E-state index contributed by atoms with van der Waals surface area (Å²) in [6.07, 6.45) is 11.7. The number of rotatable bonds is 5. The molecule has 4 heteroatoms. The van der Waals surface area contributed by atoms with Crippen LogP contribution >= 0.6 is 0 Å². The number of hydrogen-bond donors (Lipinski definition) is 1. The van der Waals surface area contributed by atoms with Crippen LogP contribution in [-0.2, 0) is 4.74 Å². The molecular formula is C20H28N2O2.